The van der Waals surface area contributed by atoms with Crippen molar-refractivity contribution in [3.8, 4) is 0 Å². The zero-order chi connectivity index (χ0) is 7.40. The molecule has 0 spiro atoms. The minimum absolute atomic E-state index is 0.147. The van der Waals surface area contributed by atoms with E-state index in [1.807, 2.05) is 19.1 Å². The van der Waals surface area contributed by atoms with Gasteiger partial charge in [0, 0.05) is 18.7 Å². The maximum atomic E-state index is 8.74. The van der Waals surface area contributed by atoms with E-state index in [1.165, 1.54) is 0 Å². The Morgan fingerprint density at radius 1 is 1.80 bits per heavy atom. The van der Waals surface area contributed by atoms with E-state index in [4.69, 9.17) is 5.11 Å². The molecule has 10 heavy (non-hydrogen) atoms. The Morgan fingerprint density at radius 3 is 3.10 bits per heavy atom. The van der Waals surface area contributed by atoms with Gasteiger partial charge < -0.3 is 5.11 Å². The molecule has 1 atom stereocenters. The Bertz CT molecular complexity index is 186. The summed E-state index contributed by atoms with van der Waals surface area (Å²) in [6, 6.07) is 3.76. The minimum atomic E-state index is 0.147. The zero-order valence-electron chi connectivity index (χ0n) is 5.91. The lowest BCUT2D eigenvalue weighted by atomic mass is 10.1. The van der Waals surface area contributed by atoms with Gasteiger partial charge in [0.1, 0.15) is 0 Å². The van der Waals surface area contributed by atoms with Crippen LogP contribution in [0.3, 0.4) is 0 Å². The van der Waals surface area contributed by atoms with Crippen LogP contribution in [0.4, 0.5) is 0 Å². The van der Waals surface area contributed by atoms with Crippen molar-refractivity contribution in [3.05, 3.63) is 30.1 Å². The molecule has 1 radical (unpaired) electrons. The molecule has 0 aliphatic heterocycles. The molecule has 0 aliphatic rings. The van der Waals surface area contributed by atoms with E-state index >= 15 is 0 Å². The highest BCUT2D eigenvalue weighted by Crippen LogP contribution is 2.10. The molecular weight excluding hydrogens is 126 g/mol. The third-order valence-electron chi connectivity index (χ3n) is 1.43. The Hall–Kier alpha value is -0.890. The maximum Gasteiger partial charge on any atom is 0.0924 e. The van der Waals surface area contributed by atoms with Gasteiger partial charge in [0.15, 0.2) is 0 Å². The summed E-state index contributed by atoms with van der Waals surface area (Å²) < 4.78 is 0. The molecule has 1 aromatic rings. The highest BCUT2D eigenvalue weighted by Gasteiger charge is 2.01. The maximum absolute atomic E-state index is 8.74. The van der Waals surface area contributed by atoms with E-state index < -0.39 is 0 Å². The first kappa shape index (κ1) is 7.22. The van der Waals surface area contributed by atoms with Gasteiger partial charge in [0.2, 0.25) is 0 Å². The van der Waals surface area contributed by atoms with Gasteiger partial charge in [-0.25, -0.2) is 0 Å². The molecule has 1 aromatic heterocycles. The van der Waals surface area contributed by atoms with Crippen LogP contribution in [0.25, 0.3) is 0 Å². The highest BCUT2D eigenvalue weighted by atomic mass is 16.3. The number of hydrogen-bond acceptors (Lipinski definition) is 2. The number of aromatic nitrogens is 1. The lowest BCUT2D eigenvalue weighted by Crippen LogP contribution is -1.98. The summed E-state index contributed by atoms with van der Waals surface area (Å²) >= 11 is 0. The van der Waals surface area contributed by atoms with Crippen molar-refractivity contribution in [2.45, 2.75) is 12.8 Å². The largest absolute Gasteiger partial charge is 0.396 e. The molecule has 53 valence electrons. The van der Waals surface area contributed by atoms with Crippen LogP contribution < -0.4 is 0 Å². The molecular formula is C8H10NO. The number of pyridine rings is 1. The van der Waals surface area contributed by atoms with Crippen LogP contribution in [0.5, 0.6) is 0 Å². The molecule has 0 saturated carbocycles. The molecule has 1 heterocycles. The fourth-order valence-corrected chi connectivity index (χ4v) is 0.712. The molecule has 0 bridgehead atoms. The second-order valence-electron chi connectivity index (χ2n) is 2.29. The summed E-state index contributed by atoms with van der Waals surface area (Å²) in [5.41, 5.74) is 0.963. The average molecular weight is 136 g/mol. The molecule has 0 amide bonds. The minimum Gasteiger partial charge on any atom is -0.396 e. The number of aliphatic hydroxyl groups excluding tert-OH is 1. The highest BCUT2D eigenvalue weighted by molar-refractivity contribution is 5.11. The number of nitrogens with zero attached hydrogens (tertiary/aromatic N) is 1. The fourth-order valence-electron chi connectivity index (χ4n) is 0.712. The predicted molar refractivity (Wildman–Crippen MR) is 38.6 cm³/mol. The molecule has 2 heteroatoms. The van der Waals surface area contributed by atoms with Crippen LogP contribution in [0.2, 0.25) is 0 Å². The second-order valence-corrected chi connectivity index (χ2v) is 2.29. The number of rotatable bonds is 2. The molecule has 1 unspecified atom stereocenters. The van der Waals surface area contributed by atoms with Crippen molar-refractivity contribution >= 4 is 0 Å². The van der Waals surface area contributed by atoms with E-state index in [0.29, 0.717) is 0 Å². The summed E-state index contributed by atoms with van der Waals surface area (Å²) in [4.78, 5) is 3.82. The molecule has 0 aliphatic carbocycles. The topological polar surface area (TPSA) is 33.1 Å². The first-order valence-electron chi connectivity index (χ1n) is 3.28. The van der Waals surface area contributed by atoms with Crippen molar-refractivity contribution in [3.63, 3.8) is 0 Å². The van der Waals surface area contributed by atoms with Gasteiger partial charge in [-0.1, -0.05) is 13.0 Å². The summed E-state index contributed by atoms with van der Waals surface area (Å²) in [7, 11) is 0. The Balaban J connectivity index is 2.75. The first-order valence-corrected chi connectivity index (χ1v) is 3.28. The third-order valence-corrected chi connectivity index (χ3v) is 1.43. The Kier molecular flexibility index (Phi) is 2.40. The summed E-state index contributed by atoms with van der Waals surface area (Å²) in [5.74, 6) is 0.147. The van der Waals surface area contributed by atoms with Gasteiger partial charge >= 0.3 is 0 Å². The van der Waals surface area contributed by atoms with E-state index in [0.717, 1.165) is 5.56 Å². The normalized spacial score (nSPS) is 13.0. The Labute approximate surface area is 60.5 Å². The van der Waals surface area contributed by atoms with Crippen LogP contribution in [0.1, 0.15) is 18.4 Å². The van der Waals surface area contributed by atoms with Crippen molar-refractivity contribution in [2.75, 3.05) is 6.61 Å². The first-order chi connectivity index (χ1) is 4.84. The zero-order valence-corrected chi connectivity index (χ0v) is 5.91. The molecule has 2 nitrogen and oxygen atoms in total. The SMILES string of the molecule is CC(CO)c1[c]nccc1. The third kappa shape index (κ3) is 1.54. The lowest BCUT2D eigenvalue weighted by molar-refractivity contribution is 0.273. The van der Waals surface area contributed by atoms with Crippen LogP contribution in [0, 0.1) is 6.20 Å². The quantitative estimate of drug-likeness (QED) is 0.657. The summed E-state index contributed by atoms with van der Waals surface area (Å²) in [6.45, 7) is 2.09. The number of hydrogen-bond donors (Lipinski definition) is 1. The lowest BCUT2D eigenvalue weighted by Gasteiger charge is -2.04. The van der Waals surface area contributed by atoms with E-state index in [9.17, 15) is 0 Å². The molecule has 1 rings (SSSR count). The standard InChI is InChI=1S/C8H10NO/c1-7(6-10)8-3-2-4-9-5-8/h2-4,7,10H,6H2,1H3. The molecule has 1 N–H and O–H groups in total. The number of aliphatic hydroxyl groups is 1. The van der Waals surface area contributed by atoms with E-state index in [2.05, 4.69) is 11.2 Å². The van der Waals surface area contributed by atoms with Crippen molar-refractivity contribution in [1.29, 1.82) is 0 Å². The van der Waals surface area contributed by atoms with Gasteiger partial charge in [-0.3, -0.25) is 4.98 Å². The van der Waals surface area contributed by atoms with Gasteiger partial charge in [0.05, 0.1) is 6.20 Å². The van der Waals surface area contributed by atoms with Crippen LogP contribution in [-0.2, 0) is 0 Å². The van der Waals surface area contributed by atoms with E-state index in [-0.39, 0.29) is 12.5 Å². The van der Waals surface area contributed by atoms with Crippen LogP contribution in [-0.4, -0.2) is 16.7 Å². The van der Waals surface area contributed by atoms with E-state index in [1.54, 1.807) is 6.20 Å². The van der Waals surface area contributed by atoms with Crippen molar-refractivity contribution < 1.29 is 5.11 Å². The second kappa shape index (κ2) is 3.32. The predicted octanol–water partition coefficient (Wildman–Crippen LogP) is 0.978. The van der Waals surface area contributed by atoms with Crippen molar-refractivity contribution in [1.82, 2.24) is 4.98 Å². The van der Waals surface area contributed by atoms with Crippen LogP contribution >= 0.6 is 0 Å². The molecule has 0 fully saturated rings. The van der Waals surface area contributed by atoms with Crippen molar-refractivity contribution in [2.24, 2.45) is 0 Å². The van der Waals surface area contributed by atoms with Gasteiger partial charge in [-0.15, -0.1) is 0 Å². The summed E-state index contributed by atoms with van der Waals surface area (Å²) in [6.07, 6.45) is 4.48. The monoisotopic (exact) mass is 136 g/mol. The van der Waals surface area contributed by atoms with Gasteiger partial charge in [-0.2, -0.15) is 0 Å². The fraction of sp³-hybridized carbons (Fsp3) is 0.375. The summed E-state index contributed by atoms with van der Waals surface area (Å²) in [5, 5.41) is 8.74. The van der Waals surface area contributed by atoms with Crippen LogP contribution in [0.15, 0.2) is 18.3 Å². The smallest absolute Gasteiger partial charge is 0.0924 e. The van der Waals surface area contributed by atoms with Gasteiger partial charge in [-0.05, 0) is 11.6 Å². The average Bonchev–Trinajstić information content (AvgIpc) is 2.05. The van der Waals surface area contributed by atoms with Gasteiger partial charge in [0.25, 0.3) is 0 Å². The molecule has 0 saturated heterocycles. The Morgan fingerprint density at radius 2 is 2.60 bits per heavy atom. The molecule has 0 aromatic carbocycles.